The van der Waals surface area contributed by atoms with Crippen molar-refractivity contribution in [1.29, 1.82) is 0 Å². The van der Waals surface area contributed by atoms with Crippen LogP contribution in [0.3, 0.4) is 0 Å². The monoisotopic (exact) mass is 410 g/mol. The normalized spacial score (nSPS) is 18.6. The van der Waals surface area contributed by atoms with Gasteiger partial charge in [0.25, 0.3) is 10.0 Å². The molecule has 0 bridgehead atoms. The molecule has 1 aliphatic rings. The summed E-state index contributed by atoms with van der Waals surface area (Å²) in [6.07, 6.45) is 4.32. The summed E-state index contributed by atoms with van der Waals surface area (Å²) in [5, 5.41) is 3.37. The van der Waals surface area contributed by atoms with Crippen LogP contribution < -0.4 is 5.32 Å². The van der Waals surface area contributed by atoms with Crippen LogP contribution in [0.25, 0.3) is 0 Å². The van der Waals surface area contributed by atoms with Gasteiger partial charge >= 0.3 is 0 Å². The van der Waals surface area contributed by atoms with Crippen LogP contribution in [0.2, 0.25) is 5.02 Å². The summed E-state index contributed by atoms with van der Waals surface area (Å²) in [5.74, 6) is -0.621. The molecule has 1 fully saturated rings. The van der Waals surface area contributed by atoms with Crippen molar-refractivity contribution in [2.75, 3.05) is 18.4 Å². The standard InChI is InChI=1S/C18H23ClN4O3S/c1-13(2)22-11-17(20-12-22)27(25,26)23-8-4-5-14(10-23)18(24)21-16-7-3-6-15(19)9-16/h3,6-7,9,11-14H,4-5,8,10H2,1-2H3,(H,21,24)/t14-/m1/s1. The minimum Gasteiger partial charge on any atom is -0.334 e. The zero-order valence-corrected chi connectivity index (χ0v) is 16.9. The Morgan fingerprint density at radius 1 is 1.37 bits per heavy atom. The highest BCUT2D eigenvalue weighted by atomic mass is 35.5. The van der Waals surface area contributed by atoms with Crippen molar-refractivity contribution in [2.45, 2.75) is 37.8 Å². The van der Waals surface area contributed by atoms with Crippen molar-refractivity contribution >= 4 is 33.2 Å². The van der Waals surface area contributed by atoms with Gasteiger partial charge in [-0.3, -0.25) is 4.79 Å². The second-order valence-electron chi connectivity index (χ2n) is 6.95. The number of nitrogens with zero attached hydrogens (tertiary/aromatic N) is 3. The number of anilines is 1. The van der Waals surface area contributed by atoms with E-state index in [1.165, 1.54) is 16.8 Å². The Morgan fingerprint density at radius 2 is 2.15 bits per heavy atom. The van der Waals surface area contributed by atoms with Crippen molar-refractivity contribution < 1.29 is 13.2 Å². The quantitative estimate of drug-likeness (QED) is 0.820. The molecule has 1 aliphatic heterocycles. The van der Waals surface area contributed by atoms with E-state index in [4.69, 9.17) is 11.6 Å². The number of rotatable bonds is 5. The Hall–Kier alpha value is -1.90. The van der Waals surface area contributed by atoms with E-state index in [0.29, 0.717) is 30.1 Å². The summed E-state index contributed by atoms with van der Waals surface area (Å²) < 4.78 is 28.9. The molecule has 0 saturated carbocycles. The van der Waals surface area contributed by atoms with Crippen LogP contribution in [0, 0.1) is 5.92 Å². The van der Waals surface area contributed by atoms with Crippen LogP contribution in [-0.2, 0) is 14.8 Å². The van der Waals surface area contributed by atoms with Crippen molar-refractivity contribution in [1.82, 2.24) is 13.9 Å². The lowest BCUT2D eigenvalue weighted by Crippen LogP contribution is -2.43. The molecular weight excluding hydrogens is 388 g/mol. The molecule has 3 rings (SSSR count). The maximum atomic E-state index is 12.9. The van der Waals surface area contributed by atoms with E-state index < -0.39 is 15.9 Å². The minimum absolute atomic E-state index is 0.0205. The zero-order chi connectivity index (χ0) is 19.6. The van der Waals surface area contributed by atoms with Crippen LogP contribution >= 0.6 is 11.6 Å². The minimum atomic E-state index is -3.72. The first-order valence-corrected chi connectivity index (χ1v) is 10.7. The molecule has 1 amide bonds. The van der Waals surface area contributed by atoms with Gasteiger partial charge in [0.2, 0.25) is 5.91 Å². The van der Waals surface area contributed by atoms with E-state index in [0.717, 1.165) is 0 Å². The van der Waals surface area contributed by atoms with E-state index in [9.17, 15) is 13.2 Å². The van der Waals surface area contributed by atoms with Crippen molar-refractivity contribution in [3.63, 3.8) is 0 Å². The summed E-state index contributed by atoms with van der Waals surface area (Å²) in [5.41, 5.74) is 0.600. The Bertz CT molecular complexity index is 926. The van der Waals surface area contributed by atoms with Crippen molar-refractivity contribution in [3.05, 3.63) is 41.8 Å². The summed E-state index contributed by atoms with van der Waals surface area (Å²) in [6, 6.07) is 7.01. The third-order valence-corrected chi connectivity index (χ3v) is 6.61. The summed E-state index contributed by atoms with van der Waals surface area (Å²) in [6.45, 7) is 4.44. The van der Waals surface area contributed by atoms with Crippen LogP contribution in [0.15, 0.2) is 41.8 Å². The number of nitrogens with one attached hydrogen (secondary N) is 1. The largest absolute Gasteiger partial charge is 0.334 e. The van der Waals surface area contributed by atoms with Crippen LogP contribution in [0.5, 0.6) is 0 Å². The van der Waals surface area contributed by atoms with E-state index in [2.05, 4.69) is 10.3 Å². The number of piperidine rings is 1. The third-order valence-electron chi connectivity index (χ3n) is 4.63. The zero-order valence-electron chi connectivity index (χ0n) is 15.3. The highest BCUT2D eigenvalue weighted by molar-refractivity contribution is 7.89. The van der Waals surface area contributed by atoms with Gasteiger partial charge in [0.05, 0.1) is 12.2 Å². The lowest BCUT2D eigenvalue weighted by molar-refractivity contribution is -0.120. The number of carbonyl (C=O) groups is 1. The van der Waals surface area contributed by atoms with Crippen LogP contribution in [0.1, 0.15) is 32.7 Å². The van der Waals surface area contributed by atoms with E-state index >= 15 is 0 Å². The maximum absolute atomic E-state index is 12.9. The molecule has 9 heteroatoms. The maximum Gasteiger partial charge on any atom is 0.262 e. The van der Waals surface area contributed by atoms with Gasteiger partial charge in [0, 0.05) is 36.0 Å². The van der Waals surface area contributed by atoms with Gasteiger partial charge in [-0.25, -0.2) is 13.4 Å². The molecule has 7 nitrogen and oxygen atoms in total. The predicted octanol–water partition coefficient (Wildman–Crippen LogP) is 3.16. The highest BCUT2D eigenvalue weighted by Gasteiger charge is 2.34. The Morgan fingerprint density at radius 3 is 2.81 bits per heavy atom. The summed E-state index contributed by atoms with van der Waals surface area (Å²) in [7, 11) is -3.72. The van der Waals surface area contributed by atoms with Gasteiger partial charge in [0.15, 0.2) is 5.03 Å². The fourth-order valence-corrected chi connectivity index (χ4v) is 4.69. The number of hydrogen-bond acceptors (Lipinski definition) is 4. The number of halogens is 1. The van der Waals surface area contributed by atoms with Gasteiger partial charge < -0.3 is 9.88 Å². The molecule has 2 heterocycles. The first-order chi connectivity index (χ1) is 12.8. The number of carbonyl (C=O) groups excluding carboxylic acids is 1. The smallest absolute Gasteiger partial charge is 0.262 e. The third kappa shape index (κ3) is 4.51. The van der Waals surface area contributed by atoms with E-state index in [-0.39, 0.29) is 23.5 Å². The molecule has 1 saturated heterocycles. The van der Waals surface area contributed by atoms with Crippen LogP contribution in [0.4, 0.5) is 5.69 Å². The number of amides is 1. The molecule has 27 heavy (non-hydrogen) atoms. The first-order valence-electron chi connectivity index (χ1n) is 8.87. The van der Waals surface area contributed by atoms with Crippen LogP contribution in [-0.4, -0.2) is 41.3 Å². The Labute approximate surface area is 164 Å². The first kappa shape index (κ1) is 19.9. The number of imidazole rings is 1. The van der Waals surface area contributed by atoms with Gasteiger partial charge in [0.1, 0.15) is 0 Å². The number of sulfonamides is 1. The molecule has 0 aliphatic carbocycles. The topological polar surface area (TPSA) is 84.3 Å². The second kappa shape index (κ2) is 8.00. The highest BCUT2D eigenvalue weighted by Crippen LogP contribution is 2.25. The van der Waals surface area contributed by atoms with Gasteiger partial charge in [-0.15, -0.1) is 0 Å². The van der Waals surface area contributed by atoms with E-state index in [1.54, 1.807) is 28.8 Å². The summed E-state index contributed by atoms with van der Waals surface area (Å²) in [4.78, 5) is 16.6. The summed E-state index contributed by atoms with van der Waals surface area (Å²) >= 11 is 5.94. The number of benzene rings is 1. The van der Waals surface area contributed by atoms with Crippen molar-refractivity contribution in [2.24, 2.45) is 5.92 Å². The molecule has 146 valence electrons. The molecule has 1 aromatic heterocycles. The lowest BCUT2D eigenvalue weighted by Gasteiger charge is -2.30. The molecule has 0 radical (unpaired) electrons. The second-order valence-corrected chi connectivity index (χ2v) is 9.28. The van der Waals surface area contributed by atoms with Crippen molar-refractivity contribution in [3.8, 4) is 0 Å². The molecule has 1 N–H and O–H groups in total. The molecule has 1 atom stereocenters. The number of hydrogen-bond donors (Lipinski definition) is 1. The molecular formula is C18H23ClN4O3S. The Balaban J connectivity index is 1.71. The average Bonchev–Trinajstić information content (AvgIpc) is 3.13. The van der Waals surface area contributed by atoms with Gasteiger partial charge in [-0.05, 0) is 44.9 Å². The fourth-order valence-electron chi connectivity index (χ4n) is 3.05. The SMILES string of the molecule is CC(C)n1cnc(S(=O)(=O)N2CCC[C@@H](C(=O)Nc3cccc(Cl)c3)C2)c1. The van der Waals surface area contributed by atoms with Gasteiger partial charge in [-0.1, -0.05) is 17.7 Å². The van der Waals surface area contributed by atoms with Gasteiger partial charge in [-0.2, -0.15) is 4.31 Å². The Kier molecular flexibility index (Phi) is 5.88. The number of aromatic nitrogens is 2. The molecule has 2 aromatic rings. The van der Waals surface area contributed by atoms with E-state index in [1.807, 2.05) is 13.8 Å². The molecule has 0 spiro atoms. The predicted molar refractivity (Wildman–Crippen MR) is 104 cm³/mol. The molecule has 1 aromatic carbocycles. The average molecular weight is 411 g/mol. The molecule has 0 unspecified atom stereocenters. The lowest BCUT2D eigenvalue weighted by atomic mass is 9.99. The fraction of sp³-hybridized carbons (Fsp3) is 0.444.